The van der Waals surface area contributed by atoms with Crippen LogP contribution in [0, 0.1) is 11.6 Å². The minimum atomic E-state index is -3.24. The van der Waals surface area contributed by atoms with Gasteiger partial charge >= 0.3 is 5.76 Å². The number of halogens is 4. The number of nitrogens with zero attached hydrogens (tertiary/aromatic N) is 4. The first-order valence-electron chi connectivity index (χ1n) is 12.0. The number of hydrogen-bond acceptors (Lipinski definition) is 8. The van der Waals surface area contributed by atoms with E-state index in [1.54, 1.807) is 12.1 Å². The molecule has 1 aliphatic carbocycles. The van der Waals surface area contributed by atoms with Crippen molar-refractivity contribution < 1.29 is 31.3 Å². The molecule has 0 radical (unpaired) electrons. The van der Waals surface area contributed by atoms with Crippen LogP contribution >= 0.6 is 0 Å². The summed E-state index contributed by atoms with van der Waals surface area (Å²) in [6, 6.07) is 6.57. The second-order valence-electron chi connectivity index (χ2n) is 9.36. The smallest absolute Gasteiger partial charge is 0.367 e. The van der Waals surface area contributed by atoms with Gasteiger partial charge in [-0.15, -0.1) is 0 Å². The molecule has 1 N–H and O–H groups in total. The van der Waals surface area contributed by atoms with E-state index >= 15 is 8.78 Å². The lowest BCUT2D eigenvalue weighted by Gasteiger charge is -2.38. The number of ether oxygens (including phenoxy) is 1. The minimum absolute atomic E-state index is 0.0134. The number of H-pyrrole nitrogens is 1. The lowest BCUT2D eigenvalue weighted by atomic mass is 10.0. The molecule has 13 heteroatoms. The Morgan fingerprint density at radius 1 is 1.08 bits per heavy atom. The number of anilines is 1. The zero-order chi connectivity index (χ0) is 26.4. The van der Waals surface area contributed by atoms with Crippen molar-refractivity contribution in [3.63, 3.8) is 0 Å². The van der Waals surface area contributed by atoms with Crippen molar-refractivity contribution in [1.82, 2.24) is 20.3 Å². The lowest BCUT2D eigenvalue weighted by molar-refractivity contribution is -0.148. The van der Waals surface area contributed by atoms with Crippen LogP contribution in [-0.4, -0.2) is 45.4 Å². The summed E-state index contributed by atoms with van der Waals surface area (Å²) in [5.41, 5.74) is 0.318. The molecule has 198 valence electrons. The summed E-state index contributed by atoms with van der Waals surface area (Å²) in [5, 5.41) is 7.46. The van der Waals surface area contributed by atoms with Crippen LogP contribution in [0.1, 0.15) is 36.5 Å². The van der Waals surface area contributed by atoms with E-state index in [4.69, 9.17) is 9.26 Å². The molecule has 1 aromatic carbocycles. The number of rotatable bonds is 7. The number of alkyl halides is 2. The van der Waals surface area contributed by atoms with Crippen molar-refractivity contribution in [3.05, 3.63) is 70.0 Å². The average Bonchev–Trinajstić information content (AvgIpc) is 3.51. The van der Waals surface area contributed by atoms with Gasteiger partial charge in [-0.25, -0.2) is 27.3 Å². The first-order chi connectivity index (χ1) is 18.3. The highest BCUT2D eigenvalue weighted by Gasteiger charge is 2.46. The predicted molar refractivity (Wildman–Crippen MR) is 125 cm³/mol. The maximum Gasteiger partial charge on any atom is 0.439 e. The molecule has 3 aromatic heterocycles. The minimum Gasteiger partial charge on any atom is -0.367 e. The van der Waals surface area contributed by atoms with Crippen LogP contribution in [-0.2, 0) is 11.3 Å². The third kappa shape index (κ3) is 4.57. The molecular weight excluding hydrogens is 510 g/mol. The molecule has 2 fully saturated rings. The number of benzene rings is 1. The fourth-order valence-corrected chi connectivity index (χ4v) is 4.62. The summed E-state index contributed by atoms with van der Waals surface area (Å²) < 4.78 is 74.8. The first-order valence-corrected chi connectivity index (χ1v) is 12.0. The van der Waals surface area contributed by atoms with Gasteiger partial charge < -0.3 is 14.2 Å². The third-order valence-corrected chi connectivity index (χ3v) is 6.71. The van der Waals surface area contributed by atoms with Crippen molar-refractivity contribution >= 4 is 5.82 Å². The van der Waals surface area contributed by atoms with E-state index in [1.807, 2.05) is 0 Å². The molecule has 4 heterocycles. The SMILES string of the molecule is O=c1[nH]c(-c2ccc(N3CCC(OCc4c(-c5c(F)cccc5F)noc4C4CC4)C(F)(F)C3)nc2)no1. The highest BCUT2D eigenvalue weighted by molar-refractivity contribution is 5.65. The van der Waals surface area contributed by atoms with E-state index in [2.05, 4.69) is 24.8 Å². The first kappa shape index (κ1) is 24.3. The van der Waals surface area contributed by atoms with Crippen LogP contribution in [0.4, 0.5) is 23.4 Å². The fraction of sp³-hybridized carbons (Fsp3) is 0.360. The van der Waals surface area contributed by atoms with Gasteiger partial charge in [-0.3, -0.25) is 9.51 Å². The van der Waals surface area contributed by atoms with Gasteiger partial charge in [0, 0.05) is 29.8 Å². The largest absolute Gasteiger partial charge is 0.439 e. The average molecular weight is 531 g/mol. The molecule has 1 atom stereocenters. The molecule has 9 nitrogen and oxygen atoms in total. The Morgan fingerprint density at radius 2 is 1.87 bits per heavy atom. The predicted octanol–water partition coefficient (Wildman–Crippen LogP) is 4.67. The highest BCUT2D eigenvalue weighted by atomic mass is 19.3. The molecular formula is C25H21F4N5O4. The topological polar surface area (TPSA) is 110 Å². The van der Waals surface area contributed by atoms with Gasteiger partial charge in [-0.2, -0.15) is 0 Å². The maximum absolute atomic E-state index is 15.2. The summed E-state index contributed by atoms with van der Waals surface area (Å²) in [4.78, 5) is 19.2. The molecule has 38 heavy (non-hydrogen) atoms. The summed E-state index contributed by atoms with van der Waals surface area (Å²) in [6.45, 7) is -0.721. The Hall–Kier alpha value is -4.00. The molecule has 1 saturated heterocycles. The molecule has 0 spiro atoms. The number of pyridine rings is 1. The number of hydrogen-bond donors (Lipinski definition) is 1. The third-order valence-electron chi connectivity index (χ3n) is 6.71. The van der Waals surface area contributed by atoms with Gasteiger partial charge in [0.05, 0.1) is 18.7 Å². The Labute approximate surface area is 212 Å². The fourth-order valence-electron chi connectivity index (χ4n) is 4.62. The molecule has 1 aliphatic heterocycles. The standard InChI is InChI=1S/C25H21F4N5O4/c26-16-2-1-3-17(27)20(16)21-15(22(37-32-21)13-4-5-13)11-36-18-8-9-34(12-25(18,28)29)19-7-6-14(10-30-19)23-31-24(35)38-33-23/h1-3,6-7,10,13,18H,4-5,8-9,11-12H2,(H,31,33,35). The quantitative estimate of drug-likeness (QED) is 0.343. The highest BCUT2D eigenvalue weighted by Crippen LogP contribution is 2.45. The number of aromatic amines is 1. The summed E-state index contributed by atoms with van der Waals surface area (Å²) in [6.07, 6.45) is 1.58. The van der Waals surface area contributed by atoms with Crippen molar-refractivity contribution in [2.45, 2.75) is 43.8 Å². The van der Waals surface area contributed by atoms with Crippen LogP contribution in [0.3, 0.4) is 0 Å². The van der Waals surface area contributed by atoms with Crippen LogP contribution in [0.2, 0.25) is 0 Å². The number of nitrogens with one attached hydrogen (secondary N) is 1. The zero-order valence-electron chi connectivity index (χ0n) is 19.8. The molecule has 1 unspecified atom stereocenters. The van der Waals surface area contributed by atoms with Gasteiger partial charge in [0.15, 0.2) is 5.82 Å². The Kier molecular flexibility index (Phi) is 6.01. The number of aromatic nitrogens is 4. The van der Waals surface area contributed by atoms with Gasteiger partial charge in [0.25, 0.3) is 5.92 Å². The van der Waals surface area contributed by atoms with Crippen molar-refractivity contribution in [2.75, 3.05) is 18.0 Å². The van der Waals surface area contributed by atoms with Crippen molar-refractivity contribution in [3.8, 4) is 22.6 Å². The Balaban J connectivity index is 1.17. The Morgan fingerprint density at radius 3 is 2.50 bits per heavy atom. The molecule has 4 aromatic rings. The number of piperidine rings is 1. The van der Waals surface area contributed by atoms with Crippen LogP contribution in [0.25, 0.3) is 22.6 Å². The van der Waals surface area contributed by atoms with E-state index in [-0.39, 0.29) is 48.1 Å². The molecule has 2 aliphatic rings. The van der Waals surface area contributed by atoms with E-state index in [1.165, 1.54) is 17.2 Å². The second kappa shape index (κ2) is 9.39. The summed E-state index contributed by atoms with van der Waals surface area (Å²) >= 11 is 0. The second-order valence-corrected chi connectivity index (χ2v) is 9.36. The zero-order valence-corrected chi connectivity index (χ0v) is 19.8. The van der Waals surface area contributed by atoms with Gasteiger partial charge in [0.1, 0.15) is 35.0 Å². The van der Waals surface area contributed by atoms with Crippen molar-refractivity contribution in [1.29, 1.82) is 0 Å². The molecule has 0 amide bonds. The molecule has 1 saturated carbocycles. The van der Waals surface area contributed by atoms with E-state index < -0.39 is 36.0 Å². The normalized spacial score (nSPS) is 19.2. The van der Waals surface area contributed by atoms with Crippen LogP contribution in [0.5, 0.6) is 0 Å². The van der Waals surface area contributed by atoms with Gasteiger partial charge in [-0.05, 0) is 43.5 Å². The molecule has 0 bridgehead atoms. The summed E-state index contributed by atoms with van der Waals surface area (Å²) in [7, 11) is 0. The van der Waals surface area contributed by atoms with Crippen LogP contribution < -0.4 is 10.7 Å². The summed E-state index contributed by atoms with van der Waals surface area (Å²) in [5.74, 6) is -4.66. The van der Waals surface area contributed by atoms with E-state index in [9.17, 15) is 13.6 Å². The van der Waals surface area contributed by atoms with Crippen LogP contribution in [0.15, 0.2) is 50.4 Å². The van der Waals surface area contributed by atoms with Crippen molar-refractivity contribution in [2.24, 2.45) is 0 Å². The lowest BCUT2D eigenvalue weighted by Crippen LogP contribution is -2.52. The molecule has 6 rings (SSSR count). The van der Waals surface area contributed by atoms with Gasteiger partial charge in [0.2, 0.25) is 0 Å². The Bertz CT molecular complexity index is 1490. The van der Waals surface area contributed by atoms with E-state index in [0.29, 0.717) is 17.1 Å². The van der Waals surface area contributed by atoms with Gasteiger partial charge in [-0.1, -0.05) is 16.4 Å². The monoisotopic (exact) mass is 531 g/mol. The maximum atomic E-state index is 15.2. The van der Waals surface area contributed by atoms with E-state index in [0.717, 1.165) is 25.0 Å².